The van der Waals surface area contributed by atoms with Gasteiger partial charge in [0.15, 0.2) is 0 Å². The predicted molar refractivity (Wildman–Crippen MR) is 62.4 cm³/mol. The fraction of sp³-hybridized carbons (Fsp3) is 0.538. The molecule has 1 heterocycles. The number of aliphatic hydroxyl groups excluding tert-OH is 1. The zero-order valence-electron chi connectivity index (χ0n) is 10.5. The third-order valence-corrected chi connectivity index (χ3v) is 2.99. The molecule has 0 fully saturated rings. The highest BCUT2D eigenvalue weighted by atomic mass is 19.3. The highest BCUT2D eigenvalue weighted by molar-refractivity contribution is 5.45. The Kier molecular flexibility index (Phi) is 4.49. The second-order valence-electron chi connectivity index (χ2n) is 4.53. The van der Waals surface area contributed by atoms with E-state index in [1.54, 1.807) is 12.1 Å². The van der Waals surface area contributed by atoms with Crippen LogP contribution < -0.4 is 4.74 Å². The van der Waals surface area contributed by atoms with Crippen molar-refractivity contribution in [3.63, 3.8) is 0 Å². The Morgan fingerprint density at radius 2 is 2.10 bits per heavy atom. The zero-order valence-corrected chi connectivity index (χ0v) is 10.5. The molecule has 0 amide bonds. The van der Waals surface area contributed by atoms with Crippen LogP contribution in [0, 0.1) is 0 Å². The van der Waals surface area contributed by atoms with Crippen LogP contribution >= 0.6 is 0 Å². The fourth-order valence-electron chi connectivity index (χ4n) is 1.96. The minimum absolute atomic E-state index is 0.417. The van der Waals surface area contributed by atoms with Gasteiger partial charge in [-0.15, -0.1) is 0 Å². The van der Waals surface area contributed by atoms with Crippen LogP contribution in [0.25, 0.3) is 0 Å². The van der Waals surface area contributed by atoms with Gasteiger partial charge in [0.2, 0.25) is 0 Å². The van der Waals surface area contributed by atoms with Crippen LogP contribution in [0.1, 0.15) is 17.2 Å². The summed E-state index contributed by atoms with van der Waals surface area (Å²) in [5.41, 5.74) is 1.33. The van der Waals surface area contributed by atoms with Gasteiger partial charge in [0.05, 0.1) is 13.2 Å². The van der Waals surface area contributed by atoms with Crippen molar-refractivity contribution in [1.29, 1.82) is 0 Å². The van der Waals surface area contributed by atoms with E-state index in [0.29, 0.717) is 24.3 Å². The number of rotatable bonds is 6. The van der Waals surface area contributed by atoms with Crippen LogP contribution in [0.15, 0.2) is 18.2 Å². The molecular weight excluding hydrogens is 280 g/mol. The Balaban J connectivity index is 1.93. The number of hydrogen-bond donors (Lipinski definition) is 1. The van der Waals surface area contributed by atoms with E-state index in [-0.39, 0.29) is 0 Å². The molecule has 0 saturated carbocycles. The van der Waals surface area contributed by atoms with Gasteiger partial charge in [0, 0.05) is 12.0 Å². The van der Waals surface area contributed by atoms with Crippen molar-refractivity contribution >= 4 is 0 Å². The molecule has 0 aliphatic carbocycles. The van der Waals surface area contributed by atoms with Crippen LogP contribution in [0.5, 0.6) is 5.75 Å². The Hall–Kier alpha value is -1.34. The summed E-state index contributed by atoms with van der Waals surface area (Å²) in [4.78, 5) is 0. The monoisotopic (exact) mass is 294 g/mol. The summed E-state index contributed by atoms with van der Waals surface area (Å²) in [6.45, 7) is -1.44. The van der Waals surface area contributed by atoms with E-state index in [1.807, 2.05) is 6.07 Å². The van der Waals surface area contributed by atoms with Crippen molar-refractivity contribution in [2.75, 3.05) is 19.8 Å². The average molecular weight is 294 g/mol. The largest absolute Gasteiger partial charge is 0.493 e. The van der Waals surface area contributed by atoms with Crippen LogP contribution in [0.4, 0.5) is 17.6 Å². The molecule has 1 aliphatic rings. The standard InChI is InChI=1S/C13H14F4O3/c14-12(15)13(16,17)7-19-6-10(18)9-3-1-2-8-4-5-20-11(8)9/h1-3,10,12,18H,4-7H2. The maximum atomic E-state index is 12.6. The Morgan fingerprint density at radius 3 is 2.80 bits per heavy atom. The summed E-state index contributed by atoms with van der Waals surface area (Å²) in [7, 11) is 0. The predicted octanol–water partition coefficient (Wildman–Crippen LogP) is 2.57. The molecule has 1 aromatic carbocycles. The summed E-state index contributed by atoms with van der Waals surface area (Å²) in [5, 5.41) is 9.88. The molecule has 1 aliphatic heterocycles. The van der Waals surface area contributed by atoms with E-state index in [4.69, 9.17) is 4.74 Å². The zero-order chi connectivity index (χ0) is 14.8. The molecular formula is C13H14F4O3. The lowest BCUT2D eigenvalue weighted by molar-refractivity contribution is -0.170. The van der Waals surface area contributed by atoms with Crippen LogP contribution in [-0.4, -0.2) is 37.3 Å². The summed E-state index contributed by atoms with van der Waals surface area (Å²) in [6.07, 6.45) is -4.28. The van der Waals surface area contributed by atoms with E-state index in [2.05, 4.69) is 4.74 Å². The molecule has 0 saturated heterocycles. The van der Waals surface area contributed by atoms with Gasteiger partial charge >= 0.3 is 12.3 Å². The number of halogens is 4. The van der Waals surface area contributed by atoms with Gasteiger partial charge in [0.25, 0.3) is 0 Å². The third-order valence-electron chi connectivity index (χ3n) is 2.99. The first kappa shape index (κ1) is 15.1. The summed E-state index contributed by atoms with van der Waals surface area (Å²) < 4.78 is 59.0. The summed E-state index contributed by atoms with van der Waals surface area (Å²) in [6, 6.07) is 5.13. The van der Waals surface area contributed by atoms with Gasteiger partial charge in [-0.05, 0) is 5.56 Å². The molecule has 1 aromatic rings. The SMILES string of the molecule is OC(COCC(F)(F)C(F)F)c1cccc2c1OCC2. The van der Waals surface area contributed by atoms with Crippen molar-refractivity contribution in [2.45, 2.75) is 24.9 Å². The van der Waals surface area contributed by atoms with E-state index in [0.717, 1.165) is 5.56 Å². The number of para-hydroxylation sites is 1. The lowest BCUT2D eigenvalue weighted by atomic mass is 10.0. The minimum Gasteiger partial charge on any atom is -0.493 e. The van der Waals surface area contributed by atoms with Crippen LogP contribution in [0.2, 0.25) is 0 Å². The molecule has 1 atom stereocenters. The highest BCUT2D eigenvalue weighted by Crippen LogP contribution is 2.33. The fourth-order valence-corrected chi connectivity index (χ4v) is 1.96. The first-order valence-electron chi connectivity index (χ1n) is 6.08. The van der Waals surface area contributed by atoms with Gasteiger partial charge in [-0.3, -0.25) is 0 Å². The molecule has 0 spiro atoms. The van der Waals surface area contributed by atoms with E-state index in [9.17, 15) is 22.7 Å². The topological polar surface area (TPSA) is 38.7 Å². The maximum Gasteiger partial charge on any atom is 0.330 e. The van der Waals surface area contributed by atoms with Crippen molar-refractivity contribution in [3.05, 3.63) is 29.3 Å². The second kappa shape index (κ2) is 5.97. The number of fused-ring (bicyclic) bond motifs is 1. The molecule has 7 heteroatoms. The number of alkyl halides is 4. The quantitative estimate of drug-likeness (QED) is 0.820. The van der Waals surface area contributed by atoms with E-state index < -0.39 is 31.7 Å². The number of ether oxygens (including phenoxy) is 2. The first-order chi connectivity index (χ1) is 9.42. The Bertz CT molecular complexity index is 465. The van der Waals surface area contributed by atoms with Gasteiger partial charge in [-0.25, -0.2) is 8.78 Å². The van der Waals surface area contributed by atoms with Crippen molar-refractivity contribution in [2.24, 2.45) is 0 Å². The molecule has 2 rings (SSSR count). The minimum atomic E-state index is -4.21. The molecule has 1 N–H and O–H groups in total. The molecule has 1 unspecified atom stereocenters. The molecule has 0 bridgehead atoms. The second-order valence-corrected chi connectivity index (χ2v) is 4.53. The van der Waals surface area contributed by atoms with Gasteiger partial charge in [-0.2, -0.15) is 8.78 Å². The smallest absolute Gasteiger partial charge is 0.330 e. The normalized spacial score (nSPS) is 16.1. The van der Waals surface area contributed by atoms with Crippen molar-refractivity contribution in [1.82, 2.24) is 0 Å². The van der Waals surface area contributed by atoms with Gasteiger partial charge in [-0.1, -0.05) is 18.2 Å². The molecule has 3 nitrogen and oxygen atoms in total. The van der Waals surface area contributed by atoms with Crippen LogP contribution in [0.3, 0.4) is 0 Å². The first-order valence-corrected chi connectivity index (χ1v) is 6.08. The Morgan fingerprint density at radius 1 is 1.35 bits per heavy atom. The lowest BCUT2D eigenvalue weighted by Crippen LogP contribution is -2.33. The lowest BCUT2D eigenvalue weighted by Gasteiger charge is -2.18. The average Bonchev–Trinajstić information content (AvgIpc) is 2.86. The summed E-state index contributed by atoms with van der Waals surface area (Å²) >= 11 is 0. The van der Waals surface area contributed by atoms with Gasteiger partial charge < -0.3 is 14.6 Å². The van der Waals surface area contributed by atoms with Crippen LogP contribution in [-0.2, 0) is 11.2 Å². The van der Waals surface area contributed by atoms with Crippen molar-refractivity contribution < 1.29 is 32.1 Å². The third kappa shape index (κ3) is 3.21. The van der Waals surface area contributed by atoms with Gasteiger partial charge in [0.1, 0.15) is 18.5 Å². The molecule has 0 aromatic heterocycles. The molecule has 20 heavy (non-hydrogen) atoms. The van der Waals surface area contributed by atoms with E-state index in [1.165, 1.54) is 0 Å². The maximum absolute atomic E-state index is 12.6. The summed E-state index contributed by atoms with van der Waals surface area (Å²) in [5.74, 6) is -3.70. The highest BCUT2D eigenvalue weighted by Gasteiger charge is 2.41. The van der Waals surface area contributed by atoms with Crippen molar-refractivity contribution in [3.8, 4) is 5.75 Å². The number of hydrogen-bond acceptors (Lipinski definition) is 3. The molecule has 0 radical (unpaired) electrons. The van der Waals surface area contributed by atoms with E-state index >= 15 is 0 Å². The number of benzene rings is 1. The molecule has 112 valence electrons. The number of aliphatic hydroxyl groups is 1. The Labute approximate surface area is 113 Å².